The van der Waals surface area contributed by atoms with E-state index < -0.39 is 33.9 Å². The molecule has 3 unspecified atom stereocenters. The van der Waals surface area contributed by atoms with Crippen LogP contribution in [0.3, 0.4) is 0 Å². The van der Waals surface area contributed by atoms with Gasteiger partial charge in [0, 0.05) is 46.8 Å². The fourth-order valence-electron chi connectivity index (χ4n) is 9.73. The highest BCUT2D eigenvalue weighted by Crippen LogP contribution is 2.70. The lowest BCUT2D eigenvalue weighted by Gasteiger charge is -2.59. The van der Waals surface area contributed by atoms with Gasteiger partial charge in [-0.1, -0.05) is 35.9 Å². The van der Waals surface area contributed by atoms with Gasteiger partial charge >= 0.3 is 0 Å². The molecule has 0 radical (unpaired) electrons. The number of hydrogen-bond acceptors (Lipinski definition) is 7. The SMILES string of the molecule is CN1CC[C@]23C4=C5C=CC(S)(CN6CCCC6)C4(C(=O)C4CCC(=O)c6ccc(Cl)cc64)O[C@H]2[C@@H](O)C=C[C@H]3[C@H]1C5. The average molecular weight is 593 g/mol. The van der Waals surface area contributed by atoms with Crippen LogP contribution in [-0.4, -0.2) is 88.3 Å². The lowest BCUT2D eigenvalue weighted by Crippen LogP contribution is -2.66. The molecule has 8 atom stereocenters. The molecule has 2 bridgehead atoms. The van der Waals surface area contributed by atoms with Crippen LogP contribution < -0.4 is 0 Å². The van der Waals surface area contributed by atoms with Gasteiger partial charge in [-0.25, -0.2) is 0 Å². The number of thiol groups is 1. The molecule has 8 rings (SSSR count). The molecule has 8 heteroatoms. The van der Waals surface area contributed by atoms with E-state index in [1.165, 1.54) is 5.57 Å². The maximum Gasteiger partial charge on any atom is 0.178 e. The molecule has 1 spiro atoms. The number of ketones is 2. The molecule has 3 fully saturated rings. The van der Waals surface area contributed by atoms with Crippen molar-refractivity contribution in [1.29, 1.82) is 0 Å². The van der Waals surface area contributed by atoms with Crippen LogP contribution in [0.1, 0.15) is 60.4 Å². The molecule has 0 amide bonds. The number of likely N-dealkylation sites (tertiary alicyclic amines) is 2. The Bertz CT molecular complexity index is 1450. The summed E-state index contributed by atoms with van der Waals surface area (Å²) < 4.78 is 6.34. The number of aliphatic hydroxyl groups is 1. The molecule has 4 aliphatic carbocycles. The maximum absolute atomic E-state index is 15.5. The third kappa shape index (κ3) is 3.42. The van der Waals surface area contributed by atoms with Crippen LogP contribution >= 0.6 is 24.2 Å². The first-order chi connectivity index (χ1) is 19.7. The number of allylic oxidation sites excluding steroid dienone is 1. The summed E-state index contributed by atoms with van der Waals surface area (Å²) in [5.74, 6) is -0.387. The Kier molecular flexibility index (Phi) is 5.98. The van der Waals surface area contributed by atoms with Crippen molar-refractivity contribution in [3.8, 4) is 0 Å². The van der Waals surface area contributed by atoms with E-state index in [9.17, 15) is 9.90 Å². The van der Waals surface area contributed by atoms with Crippen molar-refractivity contribution in [2.75, 3.05) is 33.2 Å². The molecule has 1 aromatic carbocycles. The number of ether oxygens (including phenoxy) is 1. The van der Waals surface area contributed by atoms with E-state index in [1.807, 2.05) is 6.08 Å². The molecule has 6 nitrogen and oxygen atoms in total. The summed E-state index contributed by atoms with van der Waals surface area (Å²) in [6.07, 6.45) is 11.7. The molecule has 216 valence electrons. The Balaban J connectivity index is 1.36. The van der Waals surface area contributed by atoms with Crippen LogP contribution in [0.2, 0.25) is 5.02 Å². The summed E-state index contributed by atoms with van der Waals surface area (Å²) in [5, 5.41) is 12.1. The minimum atomic E-state index is -1.36. The molecular formula is C33H37ClN2O4S. The predicted molar refractivity (Wildman–Crippen MR) is 161 cm³/mol. The number of aliphatic hydroxyl groups excluding tert-OH is 1. The van der Waals surface area contributed by atoms with Gasteiger partial charge in [-0.05, 0) is 93.7 Å². The molecule has 1 aromatic rings. The van der Waals surface area contributed by atoms with E-state index in [4.69, 9.17) is 29.0 Å². The van der Waals surface area contributed by atoms with E-state index in [0.717, 1.165) is 50.9 Å². The van der Waals surface area contributed by atoms with Crippen LogP contribution in [0.25, 0.3) is 0 Å². The second kappa shape index (κ2) is 9.13. The first kappa shape index (κ1) is 26.9. The molecule has 3 saturated heterocycles. The molecule has 0 saturated carbocycles. The van der Waals surface area contributed by atoms with Gasteiger partial charge in [-0.15, -0.1) is 0 Å². The van der Waals surface area contributed by atoms with E-state index >= 15 is 4.79 Å². The van der Waals surface area contributed by atoms with Crippen LogP contribution in [-0.2, 0) is 9.53 Å². The first-order valence-corrected chi connectivity index (χ1v) is 16.0. The van der Waals surface area contributed by atoms with Crippen LogP contribution in [0, 0.1) is 11.3 Å². The fourth-order valence-corrected chi connectivity index (χ4v) is 10.5. The van der Waals surface area contributed by atoms with Gasteiger partial charge in [0.05, 0.1) is 17.0 Å². The Morgan fingerprint density at radius 1 is 1.22 bits per heavy atom. The van der Waals surface area contributed by atoms with E-state index in [0.29, 0.717) is 35.5 Å². The predicted octanol–water partition coefficient (Wildman–Crippen LogP) is 4.38. The number of piperidine rings is 1. The Morgan fingerprint density at radius 3 is 2.83 bits per heavy atom. The zero-order chi connectivity index (χ0) is 28.3. The van der Waals surface area contributed by atoms with Gasteiger partial charge in [-0.3, -0.25) is 9.59 Å². The lowest BCUT2D eigenvalue weighted by molar-refractivity contribution is -0.156. The third-order valence-corrected chi connectivity index (χ3v) is 12.3. The van der Waals surface area contributed by atoms with E-state index in [-0.39, 0.29) is 23.5 Å². The number of Topliss-reactive ketones (excluding diaryl/α,β-unsaturated/α-hetero) is 2. The molecule has 41 heavy (non-hydrogen) atoms. The first-order valence-electron chi connectivity index (χ1n) is 15.2. The van der Waals surface area contributed by atoms with Crippen molar-refractivity contribution in [3.63, 3.8) is 0 Å². The summed E-state index contributed by atoms with van der Waals surface area (Å²) in [6, 6.07) is 5.58. The molecule has 7 aliphatic rings. The summed E-state index contributed by atoms with van der Waals surface area (Å²) in [4.78, 5) is 33.4. The number of halogens is 1. The molecular weight excluding hydrogens is 556 g/mol. The fraction of sp³-hybridized carbons (Fsp3) is 0.576. The Morgan fingerprint density at radius 2 is 2.02 bits per heavy atom. The number of fused-ring (bicyclic) bond motifs is 1. The van der Waals surface area contributed by atoms with Crippen molar-refractivity contribution in [3.05, 3.63) is 69.8 Å². The largest absolute Gasteiger partial charge is 0.386 e. The van der Waals surface area contributed by atoms with Gasteiger partial charge in [0.1, 0.15) is 0 Å². The topological polar surface area (TPSA) is 70.1 Å². The van der Waals surface area contributed by atoms with Gasteiger partial charge in [0.15, 0.2) is 17.2 Å². The summed E-state index contributed by atoms with van der Waals surface area (Å²) in [7, 11) is 2.19. The number of benzene rings is 1. The Hall–Kier alpha value is -1.74. The number of rotatable bonds is 4. The summed E-state index contributed by atoms with van der Waals surface area (Å²) >= 11 is 11.9. The number of carbonyl (C=O) groups is 2. The van der Waals surface area contributed by atoms with Crippen molar-refractivity contribution < 1.29 is 19.4 Å². The number of hydrogen-bond donors (Lipinski definition) is 2. The number of nitrogens with zero attached hydrogens (tertiary/aromatic N) is 2. The van der Waals surface area contributed by atoms with E-state index in [1.54, 1.807) is 18.2 Å². The van der Waals surface area contributed by atoms with Crippen LogP contribution in [0.5, 0.6) is 0 Å². The summed E-state index contributed by atoms with van der Waals surface area (Å²) in [6.45, 7) is 3.41. The van der Waals surface area contributed by atoms with Gasteiger partial charge in [0.25, 0.3) is 0 Å². The van der Waals surface area contributed by atoms with Crippen molar-refractivity contribution in [2.45, 2.75) is 73.0 Å². The third-order valence-electron chi connectivity index (χ3n) is 11.5. The zero-order valence-electron chi connectivity index (χ0n) is 23.4. The minimum Gasteiger partial charge on any atom is -0.386 e. The van der Waals surface area contributed by atoms with Crippen molar-refractivity contribution in [2.24, 2.45) is 11.3 Å². The minimum absolute atomic E-state index is 0.0355. The number of carbonyl (C=O) groups excluding carboxylic acids is 2. The van der Waals surface area contributed by atoms with Crippen LogP contribution in [0.4, 0.5) is 0 Å². The molecule has 0 aromatic heterocycles. The highest BCUT2D eigenvalue weighted by molar-refractivity contribution is 7.82. The van der Waals surface area contributed by atoms with Gasteiger partial charge in [0.2, 0.25) is 0 Å². The van der Waals surface area contributed by atoms with E-state index in [2.05, 4.69) is 35.1 Å². The second-order valence-electron chi connectivity index (χ2n) is 13.4. The molecule has 1 N–H and O–H groups in total. The van der Waals surface area contributed by atoms with Gasteiger partial charge in [-0.2, -0.15) is 12.6 Å². The molecule has 3 heterocycles. The van der Waals surface area contributed by atoms with Gasteiger partial charge < -0.3 is 19.6 Å². The standard InChI is InChI=1S/C33H37ClN2O4S/c1-35-15-12-32-24-7-9-27(38)30(32)40-33(29(39)22-6-8-26(37)21-5-4-20(34)17-23(21)22)28(32)19(16-25(24)35)10-11-31(33,41)18-36-13-2-3-14-36/h4-5,7,9-11,17,22,24-25,27,30,38,41H,2-3,6,8,12-16,18H2,1H3/t22?,24-,25+,27-,30-,31?,32-,33?/m0/s1. The van der Waals surface area contributed by atoms with Crippen molar-refractivity contribution in [1.82, 2.24) is 9.80 Å². The van der Waals surface area contributed by atoms with Crippen LogP contribution in [0.15, 0.2) is 53.6 Å². The smallest absolute Gasteiger partial charge is 0.178 e. The highest BCUT2D eigenvalue weighted by Gasteiger charge is 2.76. The summed E-state index contributed by atoms with van der Waals surface area (Å²) in [5.41, 5.74) is 1.68. The average Bonchev–Trinajstić information content (AvgIpc) is 3.58. The maximum atomic E-state index is 15.5. The quantitative estimate of drug-likeness (QED) is 0.400. The highest BCUT2D eigenvalue weighted by atomic mass is 35.5. The second-order valence-corrected chi connectivity index (χ2v) is 14.6. The Labute approximate surface area is 251 Å². The molecule has 3 aliphatic heterocycles. The normalized spacial score (nSPS) is 42.9. The zero-order valence-corrected chi connectivity index (χ0v) is 25.0. The monoisotopic (exact) mass is 592 g/mol. The lowest BCUT2D eigenvalue weighted by atomic mass is 9.48. The van der Waals surface area contributed by atoms with Crippen molar-refractivity contribution >= 4 is 35.8 Å².